The SMILES string of the molecule is C=CCOc1nn(Cc2ccccc2)c2ccc(SC)cc12. The Balaban J connectivity index is 2.04. The van der Waals surface area contributed by atoms with Gasteiger partial charge < -0.3 is 4.74 Å². The molecule has 0 spiro atoms. The molecule has 1 heterocycles. The smallest absolute Gasteiger partial charge is 0.241 e. The minimum absolute atomic E-state index is 0.459. The molecular weight excluding hydrogens is 292 g/mol. The standard InChI is InChI=1S/C18H18N2OS/c1-3-11-21-18-16-12-15(22-2)9-10-17(16)20(19-18)13-14-7-5-4-6-8-14/h3-10,12H,1,11,13H2,2H3. The van der Waals surface area contributed by atoms with Crippen LogP contribution in [0.2, 0.25) is 0 Å². The van der Waals surface area contributed by atoms with E-state index in [0.29, 0.717) is 12.5 Å². The van der Waals surface area contributed by atoms with Gasteiger partial charge in [-0.2, -0.15) is 0 Å². The molecule has 4 heteroatoms. The van der Waals surface area contributed by atoms with E-state index in [1.165, 1.54) is 10.5 Å². The van der Waals surface area contributed by atoms with E-state index in [-0.39, 0.29) is 0 Å². The first kappa shape index (κ1) is 14.7. The predicted molar refractivity (Wildman–Crippen MR) is 92.8 cm³/mol. The molecule has 2 aromatic carbocycles. The molecule has 0 aliphatic carbocycles. The fourth-order valence-electron chi connectivity index (χ4n) is 2.38. The van der Waals surface area contributed by atoms with Crippen LogP contribution in [0.5, 0.6) is 5.88 Å². The molecule has 112 valence electrons. The van der Waals surface area contributed by atoms with Crippen molar-refractivity contribution in [3.63, 3.8) is 0 Å². The van der Waals surface area contributed by atoms with Gasteiger partial charge in [0.2, 0.25) is 5.88 Å². The van der Waals surface area contributed by atoms with Crippen LogP contribution in [-0.2, 0) is 6.54 Å². The van der Waals surface area contributed by atoms with Crippen molar-refractivity contribution < 1.29 is 4.74 Å². The molecule has 0 N–H and O–H groups in total. The molecule has 0 aliphatic heterocycles. The first-order valence-corrected chi connectivity index (χ1v) is 8.36. The van der Waals surface area contributed by atoms with Crippen molar-refractivity contribution in [1.82, 2.24) is 9.78 Å². The summed E-state index contributed by atoms with van der Waals surface area (Å²) in [5.74, 6) is 0.668. The van der Waals surface area contributed by atoms with Crippen LogP contribution in [-0.4, -0.2) is 22.6 Å². The Morgan fingerprint density at radius 1 is 1.23 bits per heavy atom. The Kier molecular flexibility index (Phi) is 4.49. The lowest BCUT2D eigenvalue weighted by Crippen LogP contribution is -2.02. The molecule has 1 aromatic heterocycles. The van der Waals surface area contributed by atoms with Crippen LogP contribution in [0.4, 0.5) is 0 Å². The fourth-order valence-corrected chi connectivity index (χ4v) is 2.82. The number of nitrogens with zero attached hydrogens (tertiary/aromatic N) is 2. The van der Waals surface area contributed by atoms with Gasteiger partial charge in [-0.3, -0.25) is 4.68 Å². The zero-order valence-electron chi connectivity index (χ0n) is 12.5. The van der Waals surface area contributed by atoms with Gasteiger partial charge in [0.05, 0.1) is 17.4 Å². The molecule has 3 rings (SSSR count). The van der Waals surface area contributed by atoms with Crippen LogP contribution in [0.3, 0.4) is 0 Å². The van der Waals surface area contributed by atoms with Crippen LogP contribution in [0.25, 0.3) is 10.9 Å². The molecule has 0 saturated heterocycles. The van der Waals surface area contributed by atoms with Crippen molar-refractivity contribution in [2.75, 3.05) is 12.9 Å². The normalized spacial score (nSPS) is 10.8. The maximum Gasteiger partial charge on any atom is 0.241 e. The van der Waals surface area contributed by atoms with Crippen molar-refractivity contribution in [3.05, 3.63) is 66.7 Å². The van der Waals surface area contributed by atoms with Crippen LogP contribution < -0.4 is 4.74 Å². The van der Waals surface area contributed by atoms with E-state index >= 15 is 0 Å². The second-order valence-corrected chi connectivity index (χ2v) is 5.81. The zero-order chi connectivity index (χ0) is 15.4. The highest BCUT2D eigenvalue weighted by molar-refractivity contribution is 7.98. The summed E-state index contributed by atoms with van der Waals surface area (Å²) in [6, 6.07) is 16.7. The fraction of sp³-hybridized carbons (Fsp3) is 0.167. The van der Waals surface area contributed by atoms with Crippen molar-refractivity contribution in [2.24, 2.45) is 0 Å². The van der Waals surface area contributed by atoms with Crippen LogP contribution in [0, 0.1) is 0 Å². The summed E-state index contributed by atoms with van der Waals surface area (Å²) in [6.07, 6.45) is 3.81. The zero-order valence-corrected chi connectivity index (χ0v) is 13.3. The molecule has 3 nitrogen and oxygen atoms in total. The van der Waals surface area contributed by atoms with E-state index in [4.69, 9.17) is 4.74 Å². The molecule has 0 bridgehead atoms. The largest absolute Gasteiger partial charge is 0.472 e. The number of aromatic nitrogens is 2. The van der Waals surface area contributed by atoms with E-state index in [9.17, 15) is 0 Å². The monoisotopic (exact) mass is 310 g/mol. The van der Waals surface area contributed by atoms with Crippen molar-refractivity contribution in [2.45, 2.75) is 11.4 Å². The van der Waals surface area contributed by atoms with E-state index < -0.39 is 0 Å². The highest BCUT2D eigenvalue weighted by Gasteiger charge is 2.12. The summed E-state index contributed by atoms with van der Waals surface area (Å²) >= 11 is 1.72. The molecule has 0 aliphatic rings. The first-order chi connectivity index (χ1) is 10.8. The number of rotatable bonds is 6. The number of hydrogen-bond acceptors (Lipinski definition) is 3. The van der Waals surface area contributed by atoms with E-state index in [2.05, 4.69) is 48.3 Å². The van der Waals surface area contributed by atoms with Crippen molar-refractivity contribution in [1.29, 1.82) is 0 Å². The average Bonchev–Trinajstić information content (AvgIpc) is 2.91. The summed E-state index contributed by atoms with van der Waals surface area (Å²) < 4.78 is 7.72. The highest BCUT2D eigenvalue weighted by Crippen LogP contribution is 2.29. The average molecular weight is 310 g/mol. The Morgan fingerprint density at radius 2 is 2.05 bits per heavy atom. The molecule has 0 saturated carbocycles. The molecule has 0 amide bonds. The summed E-state index contributed by atoms with van der Waals surface area (Å²) in [4.78, 5) is 1.20. The number of hydrogen-bond donors (Lipinski definition) is 0. The quantitative estimate of drug-likeness (QED) is 0.499. The number of benzene rings is 2. The van der Waals surface area contributed by atoms with Gasteiger partial charge in [0, 0.05) is 4.90 Å². The molecule has 0 unspecified atom stereocenters. The topological polar surface area (TPSA) is 27.1 Å². The first-order valence-electron chi connectivity index (χ1n) is 7.14. The van der Waals surface area contributed by atoms with Crippen LogP contribution >= 0.6 is 11.8 Å². The van der Waals surface area contributed by atoms with Crippen molar-refractivity contribution >= 4 is 22.7 Å². The van der Waals surface area contributed by atoms with E-state index in [0.717, 1.165) is 17.4 Å². The summed E-state index contributed by atoms with van der Waals surface area (Å²) in [6.45, 7) is 4.89. The third kappa shape index (κ3) is 3.02. The Hall–Kier alpha value is -2.20. The Bertz CT molecular complexity index is 780. The van der Waals surface area contributed by atoms with E-state index in [1.807, 2.05) is 22.9 Å². The molecule has 0 radical (unpaired) electrons. The number of fused-ring (bicyclic) bond motifs is 1. The number of ether oxygens (including phenoxy) is 1. The number of thioether (sulfide) groups is 1. The predicted octanol–water partition coefficient (Wildman–Crippen LogP) is 4.37. The summed E-state index contributed by atoms with van der Waals surface area (Å²) in [5, 5.41) is 5.68. The second-order valence-electron chi connectivity index (χ2n) is 4.93. The minimum atomic E-state index is 0.459. The van der Waals surface area contributed by atoms with Gasteiger partial charge in [0.15, 0.2) is 0 Å². The molecule has 3 aromatic rings. The van der Waals surface area contributed by atoms with Gasteiger partial charge >= 0.3 is 0 Å². The summed E-state index contributed by atoms with van der Waals surface area (Å²) in [7, 11) is 0. The third-order valence-electron chi connectivity index (χ3n) is 3.44. The third-order valence-corrected chi connectivity index (χ3v) is 4.16. The maximum absolute atomic E-state index is 5.73. The van der Waals surface area contributed by atoms with Crippen molar-refractivity contribution in [3.8, 4) is 5.88 Å². The maximum atomic E-state index is 5.73. The van der Waals surface area contributed by atoms with Gasteiger partial charge in [-0.25, -0.2) is 0 Å². The second kappa shape index (κ2) is 6.71. The van der Waals surface area contributed by atoms with E-state index in [1.54, 1.807) is 17.8 Å². The van der Waals surface area contributed by atoms with Gasteiger partial charge in [0.1, 0.15) is 6.61 Å². The van der Waals surface area contributed by atoms with Gasteiger partial charge in [-0.1, -0.05) is 43.0 Å². The molecular formula is C18H18N2OS. The Labute approximate surface area is 134 Å². The molecule has 22 heavy (non-hydrogen) atoms. The summed E-state index contributed by atoms with van der Waals surface area (Å²) in [5.41, 5.74) is 2.30. The van der Waals surface area contributed by atoms with Gasteiger partial charge in [-0.15, -0.1) is 16.9 Å². The van der Waals surface area contributed by atoms with Crippen LogP contribution in [0.15, 0.2) is 66.1 Å². The van der Waals surface area contributed by atoms with Gasteiger partial charge in [0.25, 0.3) is 0 Å². The van der Waals surface area contributed by atoms with Crippen LogP contribution in [0.1, 0.15) is 5.56 Å². The minimum Gasteiger partial charge on any atom is -0.472 e. The Morgan fingerprint density at radius 3 is 2.77 bits per heavy atom. The lowest BCUT2D eigenvalue weighted by molar-refractivity contribution is 0.347. The lowest BCUT2D eigenvalue weighted by Gasteiger charge is -2.03. The highest BCUT2D eigenvalue weighted by atomic mass is 32.2. The molecule has 0 fully saturated rings. The van der Waals surface area contributed by atoms with Gasteiger partial charge in [-0.05, 0) is 30.0 Å². The molecule has 0 atom stereocenters. The lowest BCUT2D eigenvalue weighted by atomic mass is 10.2.